The van der Waals surface area contributed by atoms with Crippen molar-refractivity contribution in [2.45, 2.75) is 413 Å². The highest BCUT2D eigenvalue weighted by molar-refractivity contribution is 7.47. The normalized spacial score (nSPS) is 14.3. The molecule has 0 rings (SSSR count). The van der Waals surface area contributed by atoms with Gasteiger partial charge in [-0.1, -0.05) is 343 Å². The van der Waals surface area contributed by atoms with Crippen LogP contribution in [0.1, 0.15) is 395 Å². The van der Waals surface area contributed by atoms with Crippen LogP contribution in [0.2, 0.25) is 0 Å². The first-order chi connectivity index (χ1) is 45.9. The number of hydrogen-bond acceptors (Lipinski definition) is 15. The average Bonchev–Trinajstić information content (AvgIpc) is 1.52. The lowest BCUT2D eigenvalue weighted by Crippen LogP contribution is -2.30. The summed E-state index contributed by atoms with van der Waals surface area (Å²) in [6, 6.07) is 0. The first-order valence-electron chi connectivity index (χ1n) is 39.5. The third kappa shape index (κ3) is 69.0. The second-order valence-electron chi connectivity index (χ2n) is 28.1. The van der Waals surface area contributed by atoms with Crippen LogP contribution in [-0.4, -0.2) is 96.7 Å². The Labute approximate surface area is 581 Å². The fourth-order valence-electron chi connectivity index (χ4n) is 11.6. The number of carbonyl (C=O) groups is 4. The van der Waals surface area contributed by atoms with Gasteiger partial charge in [0.2, 0.25) is 0 Å². The van der Waals surface area contributed by atoms with Crippen molar-refractivity contribution in [1.82, 2.24) is 0 Å². The second-order valence-corrected chi connectivity index (χ2v) is 31.0. The molecule has 17 nitrogen and oxygen atoms in total. The van der Waals surface area contributed by atoms with Crippen molar-refractivity contribution in [2.24, 2.45) is 11.8 Å². The number of phosphoric ester groups is 2. The van der Waals surface area contributed by atoms with E-state index in [-0.39, 0.29) is 25.7 Å². The molecule has 6 atom stereocenters. The summed E-state index contributed by atoms with van der Waals surface area (Å²) >= 11 is 0. The summed E-state index contributed by atoms with van der Waals surface area (Å²) in [5, 5.41) is 10.6. The molecule has 0 spiro atoms. The molecule has 0 aromatic rings. The molecule has 19 heteroatoms. The van der Waals surface area contributed by atoms with Crippen molar-refractivity contribution in [3.63, 3.8) is 0 Å². The zero-order valence-corrected chi connectivity index (χ0v) is 63.8. The number of rotatable bonds is 75. The summed E-state index contributed by atoms with van der Waals surface area (Å²) in [6.45, 7) is 9.54. The summed E-state index contributed by atoms with van der Waals surface area (Å²) < 4.78 is 68.3. The SMILES string of the molecule is CCCCCCCCCCCCCCCCCCCC(=O)OC[C@H](COP(=O)(O)OC[C@@H](O)COP(=O)(O)OC[C@@H](COC(=O)CCCCCCC)OC(=O)CCCCCCCCCCC(C)CC)OC(=O)CCCCCCCCCCCCCCCCCCCCC(C)C. The number of ether oxygens (including phenoxy) is 4. The molecule has 0 fully saturated rings. The fraction of sp³-hybridized carbons (Fsp3) is 0.947. The van der Waals surface area contributed by atoms with Gasteiger partial charge in [-0.25, -0.2) is 9.13 Å². The van der Waals surface area contributed by atoms with E-state index in [1.165, 1.54) is 205 Å². The van der Waals surface area contributed by atoms with Crippen molar-refractivity contribution >= 4 is 39.5 Å². The first-order valence-corrected chi connectivity index (χ1v) is 42.5. The molecule has 0 heterocycles. The Morgan fingerprint density at radius 1 is 0.305 bits per heavy atom. The summed E-state index contributed by atoms with van der Waals surface area (Å²) in [6.07, 6.45) is 56.0. The molecule has 0 aromatic heterocycles. The average molecular weight is 1400 g/mol. The number of carbonyl (C=O) groups excluding carboxylic acids is 4. The summed E-state index contributed by atoms with van der Waals surface area (Å²) in [5.41, 5.74) is 0. The van der Waals surface area contributed by atoms with Gasteiger partial charge in [-0.3, -0.25) is 37.3 Å². The molecular weight excluding hydrogens is 1250 g/mol. The molecule has 0 radical (unpaired) electrons. The Hall–Kier alpha value is -1.94. The molecule has 0 saturated heterocycles. The lowest BCUT2D eigenvalue weighted by atomic mass is 9.99. The van der Waals surface area contributed by atoms with E-state index in [9.17, 15) is 43.2 Å². The molecule has 0 amide bonds. The van der Waals surface area contributed by atoms with Crippen LogP contribution in [0.15, 0.2) is 0 Å². The molecule has 0 aliphatic heterocycles. The second kappa shape index (κ2) is 67.9. The summed E-state index contributed by atoms with van der Waals surface area (Å²) in [7, 11) is -9.90. The number of unbranched alkanes of at least 4 members (excludes halogenated alkanes) is 44. The van der Waals surface area contributed by atoms with Gasteiger partial charge in [0.1, 0.15) is 19.3 Å². The molecular formula is C76H148O17P2. The van der Waals surface area contributed by atoms with Gasteiger partial charge in [0.05, 0.1) is 26.4 Å². The van der Waals surface area contributed by atoms with Crippen LogP contribution in [0, 0.1) is 11.8 Å². The molecule has 3 unspecified atom stereocenters. The molecule has 0 aromatic carbocycles. The van der Waals surface area contributed by atoms with Crippen LogP contribution >= 0.6 is 15.6 Å². The number of hydrogen-bond donors (Lipinski definition) is 3. The predicted molar refractivity (Wildman–Crippen MR) is 386 cm³/mol. The number of aliphatic hydroxyl groups excluding tert-OH is 1. The quantitative estimate of drug-likeness (QED) is 0.0222. The molecule has 0 bridgehead atoms. The highest BCUT2D eigenvalue weighted by atomic mass is 31.2. The van der Waals surface area contributed by atoms with Crippen molar-refractivity contribution in [1.29, 1.82) is 0 Å². The largest absolute Gasteiger partial charge is 0.472 e. The van der Waals surface area contributed by atoms with Gasteiger partial charge in [0.15, 0.2) is 12.2 Å². The maximum absolute atomic E-state index is 13.1. The molecule has 3 N–H and O–H groups in total. The maximum Gasteiger partial charge on any atom is 0.472 e. The molecule has 564 valence electrons. The number of esters is 4. The van der Waals surface area contributed by atoms with E-state index >= 15 is 0 Å². The highest BCUT2D eigenvalue weighted by Crippen LogP contribution is 2.45. The van der Waals surface area contributed by atoms with E-state index < -0.39 is 97.5 Å². The van der Waals surface area contributed by atoms with Crippen molar-refractivity contribution < 1.29 is 80.2 Å². The van der Waals surface area contributed by atoms with E-state index in [1.54, 1.807) is 0 Å². The monoisotopic (exact) mass is 1400 g/mol. The number of aliphatic hydroxyl groups is 1. The van der Waals surface area contributed by atoms with Crippen LogP contribution in [0.25, 0.3) is 0 Å². The van der Waals surface area contributed by atoms with Gasteiger partial charge in [0, 0.05) is 25.7 Å². The van der Waals surface area contributed by atoms with Gasteiger partial charge < -0.3 is 33.8 Å². The van der Waals surface area contributed by atoms with E-state index in [4.69, 9.17) is 37.0 Å². The minimum absolute atomic E-state index is 0.104. The van der Waals surface area contributed by atoms with Gasteiger partial charge in [-0.15, -0.1) is 0 Å². The minimum Gasteiger partial charge on any atom is -0.462 e. The molecule has 0 aliphatic carbocycles. The smallest absolute Gasteiger partial charge is 0.462 e. The van der Waals surface area contributed by atoms with Gasteiger partial charge >= 0.3 is 39.5 Å². The Balaban J connectivity index is 5.13. The first kappa shape index (κ1) is 93.1. The van der Waals surface area contributed by atoms with Crippen LogP contribution < -0.4 is 0 Å². The Morgan fingerprint density at radius 2 is 0.537 bits per heavy atom. The van der Waals surface area contributed by atoms with Crippen LogP contribution in [0.4, 0.5) is 0 Å². The van der Waals surface area contributed by atoms with Crippen molar-refractivity contribution in [3.05, 3.63) is 0 Å². The summed E-state index contributed by atoms with van der Waals surface area (Å²) in [5.74, 6) is -0.538. The lowest BCUT2D eigenvalue weighted by molar-refractivity contribution is -0.161. The predicted octanol–water partition coefficient (Wildman–Crippen LogP) is 22.3. The van der Waals surface area contributed by atoms with E-state index in [0.717, 1.165) is 108 Å². The zero-order chi connectivity index (χ0) is 70.0. The third-order valence-electron chi connectivity index (χ3n) is 18.1. The van der Waals surface area contributed by atoms with E-state index in [1.807, 2.05) is 0 Å². The molecule has 0 saturated carbocycles. The van der Waals surface area contributed by atoms with Crippen LogP contribution in [0.3, 0.4) is 0 Å². The zero-order valence-electron chi connectivity index (χ0n) is 62.0. The molecule has 0 aliphatic rings. The Morgan fingerprint density at radius 3 is 0.800 bits per heavy atom. The third-order valence-corrected chi connectivity index (χ3v) is 20.0. The topological polar surface area (TPSA) is 237 Å². The Bertz CT molecular complexity index is 1840. The van der Waals surface area contributed by atoms with Crippen LogP contribution in [0.5, 0.6) is 0 Å². The Kier molecular flexibility index (Phi) is 66.5. The van der Waals surface area contributed by atoms with E-state index in [2.05, 4.69) is 41.5 Å². The van der Waals surface area contributed by atoms with Gasteiger partial charge in [0.25, 0.3) is 0 Å². The lowest BCUT2D eigenvalue weighted by Gasteiger charge is -2.21. The van der Waals surface area contributed by atoms with Crippen molar-refractivity contribution in [2.75, 3.05) is 39.6 Å². The van der Waals surface area contributed by atoms with Crippen LogP contribution in [-0.2, 0) is 65.4 Å². The number of phosphoric acid groups is 2. The van der Waals surface area contributed by atoms with E-state index in [0.29, 0.717) is 25.7 Å². The van der Waals surface area contributed by atoms with Gasteiger partial charge in [-0.2, -0.15) is 0 Å². The van der Waals surface area contributed by atoms with Gasteiger partial charge in [-0.05, 0) is 37.5 Å². The molecule has 95 heavy (non-hydrogen) atoms. The highest BCUT2D eigenvalue weighted by Gasteiger charge is 2.30. The fourth-order valence-corrected chi connectivity index (χ4v) is 13.2. The summed E-state index contributed by atoms with van der Waals surface area (Å²) in [4.78, 5) is 72.5. The minimum atomic E-state index is -4.96. The standard InChI is InChI=1S/C76H148O17P2/c1-7-10-12-14-15-16-17-18-19-22-26-29-32-35-41-47-53-59-74(79)87-65-72(93-75(80)60-54-48-42-36-33-30-27-24-21-20-23-25-28-31-34-39-45-50-56-68(4)5)67-91-95(84,85)89-63-70(77)62-88-94(82,83)90-66-71(64-86-73(78)58-52-44-13-11-8-2)92-76(81)61-55-49-43-38-37-40-46-51-57-69(6)9-3/h68-72,77H,7-67H2,1-6H3,(H,82,83)(H,84,85)/t69?,70-,71+,72+/m0/s1. The van der Waals surface area contributed by atoms with Crippen molar-refractivity contribution in [3.8, 4) is 0 Å². The maximum atomic E-state index is 13.1.